The van der Waals surface area contributed by atoms with Gasteiger partial charge in [0.05, 0.1) is 6.17 Å². The molecule has 1 heterocycles. The Bertz CT molecular complexity index is 326. The van der Waals surface area contributed by atoms with E-state index in [-0.39, 0.29) is 0 Å². The van der Waals surface area contributed by atoms with Gasteiger partial charge in [-0.3, -0.25) is 9.80 Å². The minimum absolute atomic E-state index is 0.567. The van der Waals surface area contributed by atoms with Gasteiger partial charge in [0, 0.05) is 53.5 Å². The van der Waals surface area contributed by atoms with Crippen LogP contribution >= 0.6 is 0 Å². The van der Waals surface area contributed by atoms with E-state index in [0.717, 1.165) is 38.3 Å². The third-order valence-corrected chi connectivity index (χ3v) is 9.17. The first-order chi connectivity index (χ1) is 11.9. The summed E-state index contributed by atoms with van der Waals surface area (Å²) in [6.45, 7) is 9.14. The van der Waals surface area contributed by atoms with E-state index in [0.29, 0.717) is 6.17 Å². The highest BCUT2D eigenvalue weighted by molar-refractivity contribution is 6.67. The van der Waals surface area contributed by atoms with Gasteiger partial charge in [-0.1, -0.05) is 6.92 Å². The lowest BCUT2D eigenvalue weighted by molar-refractivity contribution is 0.112. The first-order valence-corrected chi connectivity index (χ1v) is 12.0. The number of hydrogen-bond donors (Lipinski definition) is 0. The molecule has 1 rings (SSSR count). The van der Waals surface area contributed by atoms with Crippen LogP contribution in [0.2, 0.25) is 12.1 Å². The van der Waals surface area contributed by atoms with Gasteiger partial charge < -0.3 is 18.7 Å². The first kappa shape index (κ1) is 23.0. The molecule has 150 valence electrons. The molecule has 25 heavy (non-hydrogen) atoms. The van der Waals surface area contributed by atoms with Crippen LogP contribution in [0.15, 0.2) is 0 Å². The van der Waals surface area contributed by atoms with E-state index in [2.05, 4.69) is 54.7 Å². The summed E-state index contributed by atoms with van der Waals surface area (Å²) in [5.41, 5.74) is 0. The Morgan fingerprint density at radius 3 is 1.76 bits per heavy atom. The molecule has 0 aromatic carbocycles. The van der Waals surface area contributed by atoms with Gasteiger partial charge in [0.1, 0.15) is 0 Å². The quantitative estimate of drug-likeness (QED) is 0.455. The van der Waals surface area contributed by atoms with Crippen molar-refractivity contribution in [3.8, 4) is 0 Å². The fourth-order valence-electron chi connectivity index (χ4n) is 3.64. The molecule has 0 amide bonds. The van der Waals surface area contributed by atoms with Gasteiger partial charge in [-0.15, -0.1) is 0 Å². The normalized spacial score (nSPS) is 18.1. The molecule has 7 heteroatoms. The van der Waals surface area contributed by atoms with Crippen molar-refractivity contribution in [3.05, 3.63) is 0 Å². The maximum absolute atomic E-state index is 5.79. The van der Waals surface area contributed by atoms with E-state index in [1.165, 1.54) is 25.9 Å². The zero-order valence-electron chi connectivity index (χ0n) is 17.8. The molecule has 0 aromatic heterocycles. The molecule has 1 saturated heterocycles. The molecule has 6 nitrogen and oxygen atoms in total. The van der Waals surface area contributed by atoms with Crippen LogP contribution < -0.4 is 0 Å². The average molecular weight is 375 g/mol. The van der Waals surface area contributed by atoms with Crippen molar-refractivity contribution in [2.24, 2.45) is 0 Å². The van der Waals surface area contributed by atoms with Crippen LogP contribution in [-0.2, 0) is 8.85 Å². The molecule has 0 N–H and O–H groups in total. The Balaban J connectivity index is 2.61. The first-order valence-electron chi connectivity index (χ1n) is 9.75. The van der Waals surface area contributed by atoms with E-state index in [1.54, 1.807) is 0 Å². The second-order valence-corrected chi connectivity index (χ2v) is 11.6. The fourth-order valence-corrected chi connectivity index (χ4v) is 5.89. The Kier molecular flexibility index (Phi) is 10.7. The molecule has 1 fully saturated rings. The molecular formula is C18H42N4O2Si. The van der Waals surface area contributed by atoms with E-state index < -0.39 is 8.56 Å². The summed E-state index contributed by atoms with van der Waals surface area (Å²) in [7, 11) is 10.3. The van der Waals surface area contributed by atoms with Crippen LogP contribution in [0.5, 0.6) is 0 Å². The Labute approximate surface area is 157 Å². The van der Waals surface area contributed by atoms with E-state index in [9.17, 15) is 0 Å². The molecule has 0 unspecified atom stereocenters. The number of rotatable bonds is 13. The topological polar surface area (TPSA) is 31.4 Å². The monoisotopic (exact) mass is 374 g/mol. The molecule has 0 aliphatic carbocycles. The van der Waals surface area contributed by atoms with Crippen molar-refractivity contribution in [2.45, 2.75) is 38.0 Å². The van der Waals surface area contributed by atoms with Crippen molar-refractivity contribution in [3.63, 3.8) is 0 Å². The van der Waals surface area contributed by atoms with Crippen LogP contribution in [-0.4, -0.2) is 116 Å². The fraction of sp³-hybridized carbons (Fsp3) is 1.00. The van der Waals surface area contributed by atoms with Crippen LogP contribution in [0.3, 0.4) is 0 Å². The van der Waals surface area contributed by atoms with Gasteiger partial charge in [-0.05, 0) is 53.1 Å². The SMILES string of the molecule is CC[Si](CCCC1N(CCN(C)C)CCN1CCN(C)C)(OC)OC. The third kappa shape index (κ3) is 7.62. The molecule has 1 aliphatic heterocycles. The largest absolute Gasteiger partial charge is 0.398 e. The van der Waals surface area contributed by atoms with Gasteiger partial charge >= 0.3 is 8.56 Å². The Hall–Kier alpha value is -0.0231. The molecule has 0 radical (unpaired) electrons. The van der Waals surface area contributed by atoms with Gasteiger partial charge in [-0.25, -0.2) is 0 Å². The molecule has 1 aliphatic rings. The molecular weight excluding hydrogens is 332 g/mol. The molecule has 0 saturated carbocycles. The zero-order valence-corrected chi connectivity index (χ0v) is 18.8. The molecule has 0 bridgehead atoms. The van der Waals surface area contributed by atoms with E-state index >= 15 is 0 Å². The van der Waals surface area contributed by atoms with Crippen molar-refractivity contribution in [2.75, 3.05) is 81.7 Å². The third-order valence-electron chi connectivity index (χ3n) is 5.49. The highest BCUT2D eigenvalue weighted by Crippen LogP contribution is 2.25. The van der Waals surface area contributed by atoms with Crippen molar-refractivity contribution in [1.82, 2.24) is 19.6 Å². The minimum atomic E-state index is -1.96. The van der Waals surface area contributed by atoms with Crippen molar-refractivity contribution < 1.29 is 8.85 Å². The zero-order chi connectivity index (χ0) is 18.9. The van der Waals surface area contributed by atoms with Crippen LogP contribution in [0.4, 0.5) is 0 Å². The predicted octanol–water partition coefficient (Wildman–Crippen LogP) is 1.59. The van der Waals surface area contributed by atoms with E-state index in [1.807, 2.05) is 14.2 Å². The van der Waals surface area contributed by atoms with Gasteiger partial charge in [0.2, 0.25) is 0 Å². The number of nitrogens with zero attached hydrogens (tertiary/aromatic N) is 4. The Morgan fingerprint density at radius 2 is 1.40 bits per heavy atom. The Morgan fingerprint density at radius 1 is 0.920 bits per heavy atom. The molecule has 0 spiro atoms. The summed E-state index contributed by atoms with van der Waals surface area (Å²) in [6.07, 6.45) is 2.96. The second-order valence-electron chi connectivity index (χ2n) is 7.72. The van der Waals surface area contributed by atoms with Crippen molar-refractivity contribution in [1.29, 1.82) is 0 Å². The maximum Gasteiger partial charge on any atom is 0.337 e. The van der Waals surface area contributed by atoms with Crippen LogP contribution in [0.1, 0.15) is 19.8 Å². The maximum atomic E-state index is 5.79. The van der Waals surface area contributed by atoms with E-state index in [4.69, 9.17) is 8.85 Å². The summed E-state index contributed by atoms with van der Waals surface area (Å²) >= 11 is 0. The average Bonchev–Trinajstić information content (AvgIpc) is 2.97. The predicted molar refractivity (Wildman–Crippen MR) is 108 cm³/mol. The smallest absolute Gasteiger partial charge is 0.337 e. The second kappa shape index (κ2) is 11.6. The van der Waals surface area contributed by atoms with Crippen LogP contribution in [0, 0.1) is 0 Å². The minimum Gasteiger partial charge on any atom is -0.398 e. The van der Waals surface area contributed by atoms with Gasteiger partial charge in [-0.2, -0.15) is 0 Å². The highest BCUT2D eigenvalue weighted by atomic mass is 28.4. The lowest BCUT2D eigenvalue weighted by atomic mass is 10.2. The summed E-state index contributed by atoms with van der Waals surface area (Å²) in [4.78, 5) is 9.91. The number of likely N-dealkylation sites (N-methyl/N-ethyl adjacent to an activating group) is 2. The lowest BCUT2D eigenvalue weighted by Crippen LogP contribution is -2.44. The van der Waals surface area contributed by atoms with Gasteiger partial charge in [0.15, 0.2) is 0 Å². The summed E-state index contributed by atoms with van der Waals surface area (Å²) < 4.78 is 11.6. The lowest BCUT2D eigenvalue weighted by Gasteiger charge is -2.33. The van der Waals surface area contributed by atoms with Crippen LogP contribution in [0.25, 0.3) is 0 Å². The summed E-state index contributed by atoms with van der Waals surface area (Å²) in [5, 5.41) is 0. The van der Waals surface area contributed by atoms with Crippen molar-refractivity contribution >= 4 is 8.56 Å². The summed E-state index contributed by atoms with van der Waals surface area (Å²) in [6, 6.07) is 2.12. The molecule has 0 atom stereocenters. The van der Waals surface area contributed by atoms with Gasteiger partial charge in [0.25, 0.3) is 0 Å². The number of hydrogen-bond acceptors (Lipinski definition) is 6. The standard InChI is InChI=1S/C18H42N4O2Si/c1-8-25(23-6,24-7)17-9-10-18-21(13-11-19(2)3)15-16-22(18)14-12-20(4)5/h18H,8-17H2,1-7H3. The molecule has 0 aromatic rings. The summed E-state index contributed by atoms with van der Waals surface area (Å²) in [5.74, 6) is 0. The highest BCUT2D eigenvalue weighted by Gasteiger charge is 2.35.